The zero-order valence-corrected chi connectivity index (χ0v) is 14.4. The number of rotatable bonds is 7. The van der Waals surface area contributed by atoms with E-state index in [0.717, 1.165) is 64.9 Å². The molecule has 0 bridgehead atoms. The van der Waals surface area contributed by atoms with Gasteiger partial charge in [-0.25, -0.2) is 0 Å². The fourth-order valence-electron chi connectivity index (χ4n) is 2.30. The third kappa shape index (κ3) is 9.69. The van der Waals surface area contributed by atoms with E-state index < -0.39 is 0 Å². The van der Waals surface area contributed by atoms with Crippen molar-refractivity contribution in [2.75, 3.05) is 52.5 Å². The third-order valence-corrected chi connectivity index (χ3v) is 3.52. The lowest BCUT2D eigenvalue weighted by molar-refractivity contribution is 0.0389. The van der Waals surface area contributed by atoms with Crippen molar-refractivity contribution in [3.63, 3.8) is 0 Å². The molecule has 1 aliphatic heterocycles. The van der Waals surface area contributed by atoms with E-state index in [9.17, 15) is 0 Å². The molecule has 0 amide bonds. The van der Waals surface area contributed by atoms with E-state index in [4.69, 9.17) is 4.74 Å². The Labute approximate surface area is 130 Å². The van der Waals surface area contributed by atoms with Gasteiger partial charge in [0.05, 0.1) is 13.2 Å². The zero-order chi connectivity index (χ0) is 15.6. The van der Waals surface area contributed by atoms with Gasteiger partial charge in [-0.05, 0) is 25.2 Å². The molecular formula is C16H34N4O. The summed E-state index contributed by atoms with van der Waals surface area (Å²) in [4.78, 5) is 7.08. The van der Waals surface area contributed by atoms with Gasteiger partial charge in [0.1, 0.15) is 0 Å². The molecule has 0 atom stereocenters. The Morgan fingerprint density at radius 1 is 1.19 bits per heavy atom. The van der Waals surface area contributed by atoms with Crippen molar-refractivity contribution in [2.45, 2.75) is 40.5 Å². The fourth-order valence-corrected chi connectivity index (χ4v) is 2.30. The Bertz CT molecular complexity index is 293. The first-order chi connectivity index (χ1) is 10.0. The van der Waals surface area contributed by atoms with Gasteiger partial charge < -0.3 is 15.4 Å². The molecule has 1 aliphatic rings. The molecule has 0 spiro atoms. The smallest absolute Gasteiger partial charge is 0.191 e. The molecule has 0 unspecified atom stereocenters. The number of guanidine groups is 1. The Morgan fingerprint density at radius 2 is 1.90 bits per heavy atom. The van der Waals surface area contributed by atoms with Crippen LogP contribution in [0.15, 0.2) is 4.99 Å². The van der Waals surface area contributed by atoms with Crippen molar-refractivity contribution in [2.24, 2.45) is 10.4 Å². The molecule has 124 valence electrons. The summed E-state index contributed by atoms with van der Waals surface area (Å²) in [5.41, 5.74) is 0.400. The van der Waals surface area contributed by atoms with Crippen molar-refractivity contribution in [1.82, 2.24) is 15.5 Å². The summed E-state index contributed by atoms with van der Waals surface area (Å²) in [5.74, 6) is 0.944. The van der Waals surface area contributed by atoms with Gasteiger partial charge in [-0.15, -0.1) is 0 Å². The van der Waals surface area contributed by atoms with Crippen LogP contribution in [-0.2, 0) is 4.74 Å². The maximum Gasteiger partial charge on any atom is 0.191 e. The lowest BCUT2D eigenvalue weighted by atomic mass is 9.91. The van der Waals surface area contributed by atoms with Crippen LogP contribution < -0.4 is 10.6 Å². The van der Waals surface area contributed by atoms with Gasteiger partial charge in [0, 0.05) is 39.3 Å². The van der Waals surface area contributed by atoms with Crippen LogP contribution in [0.1, 0.15) is 40.5 Å². The number of nitrogens with zero attached hydrogens (tertiary/aromatic N) is 2. The minimum Gasteiger partial charge on any atom is -0.379 e. The van der Waals surface area contributed by atoms with Crippen LogP contribution in [0.5, 0.6) is 0 Å². The average molecular weight is 298 g/mol. The monoisotopic (exact) mass is 298 g/mol. The van der Waals surface area contributed by atoms with Gasteiger partial charge in [-0.3, -0.25) is 9.89 Å². The largest absolute Gasteiger partial charge is 0.379 e. The van der Waals surface area contributed by atoms with E-state index in [1.807, 2.05) is 0 Å². The lowest BCUT2D eigenvalue weighted by Crippen LogP contribution is -2.44. The standard InChI is InChI=1S/C16H34N4O/c1-5-17-15(18-8-6-7-16(2,3)4)19-9-10-20-11-13-21-14-12-20/h5-14H2,1-4H3,(H2,17,18,19). The van der Waals surface area contributed by atoms with Crippen LogP contribution in [0, 0.1) is 5.41 Å². The minimum atomic E-state index is 0.400. The first kappa shape index (κ1) is 18.2. The molecule has 21 heavy (non-hydrogen) atoms. The topological polar surface area (TPSA) is 48.9 Å². The summed E-state index contributed by atoms with van der Waals surface area (Å²) in [6.45, 7) is 16.5. The summed E-state index contributed by atoms with van der Waals surface area (Å²) in [7, 11) is 0. The van der Waals surface area contributed by atoms with Crippen LogP contribution in [0.4, 0.5) is 0 Å². The first-order valence-corrected chi connectivity index (χ1v) is 8.33. The molecule has 1 fully saturated rings. The number of hydrogen-bond acceptors (Lipinski definition) is 3. The molecule has 0 aromatic heterocycles. The molecule has 0 saturated carbocycles. The van der Waals surface area contributed by atoms with Gasteiger partial charge in [0.25, 0.3) is 0 Å². The highest BCUT2D eigenvalue weighted by Gasteiger charge is 2.10. The number of aliphatic imine (C=N–C) groups is 1. The zero-order valence-electron chi connectivity index (χ0n) is 14.4. The Balaban J connectivity index is 2.21. The molecule has 1 heterocycles. The van der Waals surface area contributed by atoms with Crippen molar-refractivity contribution in [3.8, 4) is 0 Å². The van der Waals surface area contributed by atoms with Crippen molar-refractivity contribution in [1.29, 1.82) is 0 Å². The molecule has 0 radical (unpaired) electrons. The van der Waals surface area contributed by atoms with Gasteiger partial charge in [0.15, 0.2) is 5.96 Å². The second-order valence-electron chi connectivity index (χ2n) is 6.81. The molecule has 5 nitrogen and oxygen atoms in total. The number of nitrogens with one attached hydrogen (secondary N) is 2. The molecule has 2 N–H and O–H groups in total. The van der Waals surface area contributed by atoms with Crippen LogP contribution in [0.2, 0.25) is 0 Å². The molecule has 5 heteroatoms. The van der Waals surface area contributed by atoms with E-state index >= 15 is 0 Å². The van der Waals surface area contributed by atoms with E-state index in [1.165, 1.54) is 6.42 Å². The van der Waals surface area contributed by atoms with Crippen molar-refractivity contribution in [3.05, 3.63) is 0 Å². The predicted octanol–water partition coefficient (Wildman–Crippen LogP) is 1.70. The Hall–Kier alpha value is -0.810. The first-order valence-electron chi connectivity index (χ1n) is 8.33. The highest BCUT2D eigenvalue weighted by atomic mass is 16.5. The summed E-state index contributed by atoms with van der Waals surface area (Å²) < 4.78 is 5.36. The Kier molecular flexibility index (Phi) is 8.69. The quantitative estimate of drug-likeness (QED) is 0.427. The lowest BCUT2D eigenvalue weighted by Gasteiger charge is -2.26. The maximum atomic E-state index is 5.36. The van der Waals surface area contributed by atoms with Gasteiger partial charge in [-0.2, -0.15) is 0 Å². The molecule has 1 rings (SSSR count). The SMILES string of the molecule is CCNC(=NCCCC(C)(C)C)NCCN1CCOCC1. The highest BCUT2D eigenvalue weighted by molar-refractivity contribution is 5.79. The van der Waals surface area contributed by atoms with Crippen molar-refractivity contribution < 1.29 is 4.74 Å². The fraction of sp³-hybridized carbons (Fsp3) is 0.938. The second-order valence-corrected chi connectivity index (χ2v) is 6.81. The molecule has 0 aromatic rings. The van der Waals surface area contributed by atoms with E-state index in [1.54, 1.807) is 0 Å². The molecule has 0 aliphatic carbocycles. The summed E-state index contributed by atoms with van der Waals surface area (Å²) in [5, 5.41) is 6.74. The molecular weight excluding hydrogens is 264 g/mol. The van der Waals surface area contributed by atoms with Crippen LogP contribution in [0.3, 0.4) is 0 Å². The van der Waals surface area contributed by atoms with Gasteiger partial charge in [-0.1, -0.05) is 20.8 Å². The highest BCUT2D eigenvalue weighted by Crippen LogP contribution is 2.20. The minimum absolute atomic E-state index is 0.400. The van der Waals surface area contributed by atoms with E-state index in [2.05, 4.69) is 48.2 Å². The van der Waals surface area contributed by atoms with Crippen molar-refractivity contribution >= 4 is 5.96 Å². The average Bonchev–Trinajstić information content (AvgIpc) is 2.43. The Morgan fingerprint density at radius 3 is 2.52 bits per heavy atom. The summed E-state index contributed by atoms with van der Waals surface area (Å²) >= 11 is 0. The van der Waals surface area contributed by atoms with E-state index in [-0.39, 0.29) is 0 Å². The third-order valence-electron chi connectivity index (χ3n) is 3.52. The number of ether oxygens (including phenoxy) is 1. The number of morpholine rings is 1. The van der Waals surface area contributed by atoms with E-state index in [0.29, 0.717) is 5.41 Å². The van der Waals surface area contributed by atoms with Gasteiger partial charge >= 0.3 is 0 Å². The van der Waals surface area contributed by atoms with Crippen LogP contribution in [0.25, 0.3) is 0 Å². The normalized spacial score (nSPS) is 17.8. The second kappa shape index (κ2) is 10.0. The van der Waals surface area contributed by atoms with Crippen LogP contribution in [-0.4, -0.2) is 63.3 Å². The van der Waals surface area contributed by atoms with Crippen LogP contribution >= 0.6 is 0 Å². The summed E-state index contributed by atoms with van der Waals surface area (Å²) in [6, 6.07) is 0. The molecule has 1 saturated heterocycles. The summed E-state index contributed by atoms with van der Waals surface area (Å²) in [6.07, 6.45) is 2.35. The predicted molar refractivity (Wildman–Crippen MR) is 89.9 cm³/mol. The van der Waals surface area contributed by atoms with Gasteiger partial charge in [0.2, 0.25) is 0 Å². The number of hydrogen-bond donors (Lipinski definition) is 2. The maximum absolute atomic E-state index is 5.36. The molecule has 0 aromatic carbocycles.